The highest BCUT2D eigenvalue weighted by Gasteiger charge is 2.44. The van der Waals surface area contributed by atoms with Crippen molar-refractivity contribution in [2.45, 2.75) is 125 Å². The fourth-order valence-electron chi connectivity index (χ4n) is 11.6. The van der Waals surface area contributed by atoms with Crippen LogP contribution in [0.25, 0.3) is 0 Å². The van der Waals surface area contributed by atoms with Gasteiger partial charge in [0.25, 0.3) is 0 Å². The lowest BCUT2D eigenvalue weighted by molar-refractivity contribution is -0.0705. The molecule has 43 heteroatoms. The zero-order valence-corrected chi connectivity index (χ0v) is 78.7. The summed E-state index contributed by atoms with van der Waals surface area (Å²) in [6, 6.07) is 21.6. The predicted molar refractivity (Wildman–Crippen MR) is 495 cm³/mol. The van der Waals surface area contributed by atoms with Crippen molar-refractivity contribution in [1.29, 1.82) is 0 Å². The predicted octanol–water partition coefficient (Wildman–Crippen LogP) is 6.47. The minimum absolute atomic E-state index is 0.426. The SMILES string of the molecule is C#Cc1ccc(N2C3CCC2CN(C2COC2)C3)nc1.C1CC2CNCC1N2.C[Si](C)(C)C#Cc1ccc(N2C3CCC2CNC3)nc1.Fc1ccc(I)cn1.Ic1ccc(N2C3CCC2CNC3)nc1.S=S=S=S=S=S=S=S=S=S=S=S=S=S=S=S=S=S=S=S=S=S=S=S=S=S. The molecule has 0 spiro atoms. The Morgan fingerprint density at radius 1 is 0.464 bits per heavy atom. The molecule has 9 fully saturated rings. The molecule has 4 aromatic heterocycles. The maximum Gasteiger partial charge on any atom is 0.212 e. The summed E-state index contributed by atoms with van der Waals surface area (Å²) in [5.41, 5.74) is 5.29. The number of nitrogens with zero attached hydrogens (tertiary/aromatic N) is 8. The number of rotatable bonds is 4. The fraction of sp³-hybridized carbons (Fsp3) is 0.556. The van der Waals surface area contributed by atoms with Crippen LogP contribution >= 0.6 is 45.2 Å². The number of nitrogens with one attached hydrogen (secondary N) is 4. The van der Waals surface area contributed by atoms with Gasteiger partial charge >= 0.3 is 0 Å². The summed E-state index contributed by atoms with van der Waals surface area (Å²) >= 11 is 13.9. The maximum atomic E-state index is 12.0. The van der Waals surface area contributed by atoms with Crippen LogP contribution < -0.4 is 36.0 Å². The average molecular weight is 2040 g/mol. The Morgan fingerprint density at radius 2 is 0.825 bits per heavy atom. The summed E-state index contributed by atoms with van der Waals surface area (Å²) in [6.07, 6.45) is 23.1. The minimum atomic E-state index is -1.31. The molecular weight excluding hydrogens is 1970 g/mol. The average Bonchev–Trinajstić information content (AvgIpc) is 1.72. The van der Waals surface area contributed by atoms with Crippen molar-refractivity contribution >= 4 is 306 Å². The number of likely N-dealkylation sites (tertiary alicyclic amines) is 1. The van der Waals surface area contributed by atoms with Gasteiger partial charge in [-0.25, -0.2) is 19.9 Å². The molecule has 8 unspecified atom stereocenters. The van der Waals surface area contributed by atoms with Crippen molar-refractivity contribution in [3.05, 3.63) is 97.5 Å². The van der Waals surface area contributed by atoms with Gasteiger partial charge in [0.1, 0.15) is 25.5 Å². The van der Waals surface area contributed by atoms with Crippen LogP contribution in [0.3, 0.4) is 0 Å². The second-order valence-electron chi connectivity index (χ2n) is 22.9. The lowest BCUT2D eigenvalue weighted by Crippen LogP contribution is -2.61. The van der Waals surface area contributed by atoms with Crippen molar-refractivity contribution in [2.75, 3.05) is 80.3 Å². The van der Waals surface area contributed by atoms with E-state index >= 15 is 0 Å². The molecule has 0 aliphatic carbocycles. The third-order valence-electron chi connectivity index (χ3n) is 15.6. The molecule has 0 radical (unpaired) electrons. The largest absolute Gasteiger partial charge is 0.378 e. The molecule has 13 heterocycles. The van der Waals surface area contributed by atoms with Crippen LogP contribution in [0.5, 0.6) is 0 Å². The van der Waals surface area contributed by atoms with Gasteiger partial charge in [0.05, 0.1) is 19.3 Å². The first kappa shape index (κ1) is 84.8. The number of terminal acetylenes is 1. The van der Waals surface area contributed by atoms with Gasteiger partial charge in [-0.3, -0.25) is 4.90 Å². The van der Waals surface area contributed by atoms with Crippen LogP contribution in [0.2, 0.25) is 19.6 Å². The van der Waals surface area contributed by atoms with Crippen molar-refractivity contribution in [2.24, 2.45) is 0 Å². The van der Waals surface area contributed by atoms with Crippen LogP contribution in [-0.2, 0) is 240 Å². The molecule has 13 rings (SSSR count). The molecule has 0 saturated carbocycles. The first-order chi connectivity index (χ1) is 47.4. The van der Waals surface area contributed by atoms with E-state index < -0.39 is 14.0 Å². The first-order valence-corrected chi connectivity index (χ1v) is 69.0. The van der Waals surface area contributed by atoms with Gasteiger partial charge in [0.15, 0.2) is 0 Å². The van der Waals surface area contributed by atoms with E-state index in [1.807, 2.05) is 89.5 Å². The Labute approximate surface area is 677 Å². The lowest BCUT2D eigenvalue weighted by Gasteiger charge is -2.47. The maximum absolute atomic E-state index is 12.0. The molecule has 9 aliphatic heterocycles. The van der Waals surface area contributed by atoms with Gasteiger partial charge in [0.2, 0.25) is 5.95 Å². The number of piperazine rings is 4. The van der Waals surface area contributed by atoms with Crippen molar-refractivity contribution in [3.8, 4) is 23.8 Å². The van der Waals surface area contributed by atoms with Gasteiger partial charge in [-0.1, -0.05) is 31.5 Å². The first-order valence-electron chi connectivity index (χ1n) is 30.0. The fourth-order valence-corrected chi connectivity index (χ4v) is 73.2. The van der Waals surface area contributed by atoms with E-state index in [0.717, 1.165) is 96.7 Å². The Bertz CT molecular complexity index is 4360. The number of fused-ring (bicyclic) bond motifs is 8. The van der Waals surface area contributed by atoms with E-state index in [1.165, 1.54) is 98.1 Å². The van der Waals surface area contributed by atoms with Crippen LogP contribution in [0.4, 0.5) is 21.8 Å². The van der Waals surface area contributed by atoms with Crippen LogP contribution in [0.1, 0.15) is 62.5 Å². The Kier molecular flexibility index (Phi) is 43.1. The zero-order valence-electron chi connectivity index (χ0n) is 52.2. The van der Waals surface area contributed by atoms with Crippen molar-refractivity contribution in [1.82, 2.24) is 46.1 Å². The summed E-state index contributed by atoms with van der Waals surface area (Å²) in [6.45, 7) is 17.7. The van der Waals surface area contributed by atoms with E-state index in [-0.39, 0.29) is 0 Å². The molecule has 4 N–H and O–H groups in total. The van der Waals surface area contributed by atoms with Crippen LogP contribution in [-0.4, -0.2) is 153 Å². The van der Waals surface area contributed by atoms with Gasteiger partial charge < -0.3 is 40.7 Å². The Balaban J connectivity index is 0.000000154. The highest BCUT2D eigenvalue weighted by molar-refractivity contribution is 14.1. The molecule has 13 nitrogen and oxygen atoms in total. The number of pyridine rings is 4. The number of ether oxygens (including phenoxy) is 1. The second kappa shape index (κ2) is 49.3. The van der Waals surface area contributed by atoms with Gasteiger partial charge in [-0.15, -0.1) is 12.0 Å². The normalized spacial score (nSPS) is 22.5. The molecule has 0 aromatic carbocycles. The van der Waals surface area contributed by atoms with Crippen molar-refractivity contribution < 1.29 is 9.13 Å². The van der Waals surface area contributed by atoms with E-state index in [2.05, 4.69) is 173 Å². The lowest BCUT2D eigenvalue weighted by atomic mass is 10.1. The highest BCUT2D eigenvalue weighted by Crippen LogP contribution is 2.36. The standard InChI is InChI=1S/C16H19N3O.C16H23N3Si.C11H14IN3.C6H12N2.C5H3FIN.S26/c1-2-12-3-6-16(17-7-12)19-13-4-5-14(19)9-18(8-13)15-10-20-11-15;1-20(2,3)9-8-13-4-7-16(18-10-13)19-14-5-6-15(19)12-17-11-14;12-8-1-4-11(14-5-8)15-9-2-3-10(15)7-13-6-9;1-2-6-4-7-3-5(1)8-6;6-5-2-1-4(7)3-8-5;1-3-5-7-9-11-13-15-17-19-21-23-25-26-24-22-20-18-16-14-12-10-8-6-4-2/h1,3,6-7,13-15H,4-5,8-11H2;4,7,10,14-15,17H,5-6,11-12H2,1-3H3;1,4-5,9-10,13H,2-3,6-7H2;5-8H,1-4H2;1-3H;. The van der Waals surface area contributed by atoms with Crippen molar-refractivity contribution in [3.63, 3.8) is 0 Å². The monoisotopic (exact) mass is 2040 g/mol. The quantitative estimate of drug-likeness (QED) is 0.0774. The van der Waals surface area contributed by atoms with E-state index in [0.29, 0.717) is 42.3 Å². The third kappa shape index (κ3) is 31.7. The third-order valence-corrected chi connectivity index (χ3v) is 68.9. The Morgan fingerprint density at radius 3 is 1.14 bits per heavy atom. The molecule has 8 bridgehead atoms. The summed E-state index contributed by atoms with van der Waals surface area (Å²) in [5, 5.41) is 13.9. The number of anilines is 3. The van der Waals surface area contributed by atoms with Gasteiger partial charge in [-0.05, 0) is 145 Å². The number of hydrogen-bond donors (Lipinski definition) is 4. The van der Waals surface area contributed by atoms with E-state index in [1.54, 1.807) is 137 Å². The molecule has 0 amide bonds. The summed E-state index contributed by atoms with van der Waals surface area (Å²) in [5.74, 6) is 8.84. The summed E-state index contributed by atoms with van der Waals surface area (Å²) in [4.78, 5) is 27.3. The zero-order chi connectivity index (χ0) is 68.3. The number of halogens is 3. The van der Waals surface area contributed by atoms with Crippen LogP contribution in [0, 0.1) is 36.9 Å². The van der Waals surface area contributed by atoms with Gasteiger partial charge in [0, 0.05) is 379 Å². The van der Waals surface area contributed by atoms with E-state index in [4.69, 9.17) is 33.5 Å². The molecular formula is C54H71FI2N12OS26Si. The number of aromatic nitrogens is 4. The van der Waals surface area contributed by atoms with E-state index in [9.17, 15) is 4.39 Å². The molecule has 534 valence electrons. The highest BCUT2D eigenvalue weighted by atomic mass is 127. The topological polar surface area (TPSA) is 122 Å². The molecule has 8 atom stereocenters. The minimum Gasteiger partial charge on any atom is -0.378 e. The van der Waals surface area contributed by atoms with Gasteiger partial charge in [-0.2, -0.15) is 4.39 Å². The summed E-state index contributed by atoms with van der Waals surface area (Å²) < 4.78 is 19.5. The molecule has 97 heavy (non-hydrogen) atoms. The molecule has 9 aliphatic rings. The summed E-state index contributed by atoms with van der Waals surface area (Å²) in [7, 11) is 40.5. The number of hydrogen-bond acceptors (Lipinski definition) is 15. The molecule has 4 aromatic rings. The Hall–Kier alpha value is 2.21. The second-order valence-corrected chi connectivity index (χ2v) is 72.6. The molecule has 9 saturated heterocycles. The van der Waals surface area contributed by atoms with Crippen LogP contribution in [0.15, 0.2) is 73.3 Å². The smallest absolute Gasteiger partial charge is 0.212 e.